The first-order chi connectivity index (χ1) is 7.46. The second-order valence-corrected chi connectivity index (χ2v) is 5.89. The van der Waals surface area contributed by atoms with Crippen molar-refractivity contribution in [1.82, 2.24) is 0 Å². The predicted molar refractivity (Wildman–Crippen MR) is 61.9 cm³/mol. The van der Waals surface area contributed by atoms with Crippen molar-refractivity contribution in [2.24, 2.45) is 5.14 Å². The maximum absolute atomic E-state index is 11.2. The number of primary sulfonamides is 1. The molecular formula is C11H15NO3S. The average Bonchev–Trinajstić information content (AvgIpc) is 2.14. The Hall–Kier alpha value is -1.07. The zero-order valence-electron chi connectivity index (χ0n) is 9.09. The third-order valence-electron chi connectivity index (χ3n) is 2.74. The van der Waals surface area contributed by atoms with Crippen molar-refractivity contribution in [1.29, 1.82) is 0 Å². The third kappa shape index (κ3) is 2.54. The molecule has 2 N–H and O–H groups in total. The van der Waals surface area contributed by atoms with Gasteiger partial charge in [0.1, 0.15) is 5.75 Å². The van der Waals surface area contributed by atoms with Crippen LogP contribution in [0.1, 0.15) is 24.8 Å². The summed E-state index contributed by atoms with van der Waals surface area (Å²) >= 11 is 0. The summed E-state index contributed by atoms with van der Waals surface area (Å²) in [5.74, 6) is 0.697. The molecule has 2 atom stereocenters. The standard InChI is InChI=1S/C11H15NO3S/c1-8-6-9(7-16(12,13)14)10-4-2-3-5-11(10)15-8/h2-5,8-9H,6-7H2,1H3,(H2,12,13,14)/t8-,9-/m1/s1. The van der Waals surface area contributed by atoms with Gasteiger partial charge in [0.05, 0.1) is 11.9 Å². The van der Waals surface area contributed by atoms with Crippen molar-refractivity contribution < 1.29 is 13.2 Å². The fourth-order valence-corrected chi connectivity index (χ4v) is 3.03. The molecule has 1 aliphatic rings. The number of hydrogen-bond acceptors (Lipinski definition) is 3. The third-order valence-corrected chi connectivity index (χ3v) is 3.60. The molecule has 4 nitrogen and oxygen atoms in total. The summed E-state index contributed by atoms with van der Waals surface area (Å²) in [5, 5.41) is 5.10. The highest BCUT2D eigenvalue weighted by Crippen LogP contribution is 2.36. The SMILES string of the molecule is C[C@@H]1C[C@H](CS(N)(=O)=O)c2ccccc2O1. The molecule has 0 bridgehead atoms. The topological polar surface area (TPSA) is 69.4 Å². The summed E-state index contributed by atoms with van der Waals surface area (Å²) in [6, 6.07) is 7.53. The van der Waals surface area contributed by atoms with Gasteiger partial charge in [0, 0.05) is 5.92 Å². The summed E-state index contributed by atoms with van der Waals surface area (Å²) in [5.41, 5.74) is 0.939. The Bertz CT molecular complexity index is 484. The fourth-order valence-electron chi connectivity index (χ4n) is 2.16. The van der Waals surface area contributed by atoms with Crippen LogP contribution in [0.3, 0.4) is 0 Å². The Balaban J connectivity index is 2.34. The second-order valence-electron chi connectivity index (χ2n) is 4.23. The molecule has 88 valence electrons. The molecule has 0 unspecified atom stereocenters. The molecule has 0 radical (unpaired) electrons. The predicted octanol–water partition coefficient (Wildman–Crippen LogP) is 1.23. The van der Waals surface area contributed by atoms with Crippen molar-refractivity contribution in [3.63, 3.8) is 0 Å². The lowest BCUT2D eigenvalue weighted by Crippen LogP contribution is -2.29. The Labute approximate surface area is 95.5 Å². The molecule has 0 aromatic heterocycles. The quantitative estimate of drug-likeness (QED) is 0.846. The van der Waals surface area contributed by atoms with Crippen molar-refractivity contribution in [3.05, 3.63) is 29.8 Å². The van der Waals surface area contributed by atoms with Crippen LogP contribution in [0.15, 0.2) is 24.3 Å². The summed E-state index contributed by atoms with van der Waals surface area (Å²) in [4.78, 5) is 0. The minimum absolute atomic E-state index is 0.0162. The highest BCUT2D eigenvalue weighted by Gasteiger charge is 2.28. The van der Waals surface area contributed by atoms with Crippen LogP contribution in [0.2, 0.25) is 0 Å². The molecule has 1 aromatic carbocycles. The van der Waals surface area contributed by atoms with E-state index in [1.807, 2.05) is 31.2 Å². The van der Waals surface area contributed by atoms with E-state index in [2.05, 4.69) is 0 Å². The molecular weight excluding hydrogens is 226 g/mol. The molecule has 0 saturated heterocycles. The first kappa shape index (κ1) is 11.4. The van der Waals surface area contributed by atoms with Gasteiger partial charge in [-0.1, -0.05) is 18.2 Å². The van der Waals surface area contributed by atoms with Crippen molar-refractivity contribution in [2.45, 2.75) is 25.4 Å². The van der Waals surface area contributed by atoms with Crippen LogP contribution in [-0.2, 0) is 10.0 Å². The van der Waals surface area contributed by atoms with Crippen LogP contribution in [0.5, 0.6) is 5.75 Å². The maximum atomic E-state index is 11.2. The van der Waals surface area contributed by atoms with Gasteiger partial charge in [0.15, 0.2) is 0 Å². The van der Waals surface area contributed by atoms with Gasteiger partial charge in [0.25, 0.3) is 0 Å². The molecule has 2 rings (SSSR count). The first-order valence-electron chi connectivity index (χ1n) is 5.22. The first-order valence-corrected chi connectivity index (χ1v) is 6.93. The van der Waals surface area contributed by atoms with Crippen LogP contribution in [0, 0.1) is 0 Å². The zero-order chi connectivity index (χ0) is 11.8. The van der Waals surface area contributed by atoms with Crippen LogP contribution in [0.4, 0.5) is 0 Å². The largest absolute Gasteiger partial charge is 0.490 e. The molecule has 0 spiro atoms. The number of para-hydroxylation sites is 1. The molecule has 0 aliphatic carbocycles. The summed E-state index contributed by atoms with van der Waals surface area (Å²) < 4.78 is 27.9. The van der Waals surface area contributed by atoms with E-state index in [1.54, 1.807) is 0 Å². The van der Waals surface area contributed by atoms with E-state index in [4.69, 9.17) is 9.88 Å². The molecule has 0 saturated carbocycles. The van der Waals surface area contributed by atoms with Crippen LogP contribution in [-0.4, -0.2) is 20.3 Å². The lowest BCUT2D eigenvalue weighted by molar-refractivity contribution is 0.180. The van der Waals surface area contributed by atoms with Crippen molar-refractivity contribution in [2.75, 3.05) is 5.75 Å². The number of sulfonamides is 1. The van der Waals surface area contributed by atoms with Gasteiger partial charge in [-0.3, -0.25) is 0 Å². The summed E-state index contributed by atoms with van der Waals surface area (Å²) in [6.45, 7) is 1.94. The molecule has 1 heterocycles. The van der Waals surface area contributed by atoms with E-state index in [0.717, 1.165) is 11.3 Å². The monoisotopic (exact) mass is 241 g/mol. The lowest BCUT2D eigenvalue weighted by Gasteiger charge is -2.29. The van der Waals surface area contributed by atoms with Gasteiger partial charge in [0.2, 0.25) is 10.0 Å². The molecule has 5 heteroatoms. The Kier molecular flexibility index (Phi) is 2.90. The minimum Gasteiger partial charge on any atom is -0.490 e. The lowest BCUT2D eigenvalue weighted by atomic mass is 9.92. The van der Waals surface area contributed by atoms with Gasteiger partial charge in [-0.2, -0.15) is 0 Å². The highest BCUT2D eigenvalue weighted by atomic mass is 32.2. The van der Waals surface area contributed by atoms with Crippen LogP contribution in [0.25, 0.3) is 0 Å². The summed E-state index contributed by atoms with van der Waals surface area (Å²) in [7, 11) is -3.45. The second kappa shape index (κ2) is 4.07. The van der Waals surface area contributed by atoms with E-state index in [0.29, 0.717) is 6.42 Å². The minimum atomic E-state index is -3.45. The van der Waals surface area contributed by atoms with Gasteiger partial charge in [-0.05, 0) is 25.0 Å². The maximum Gasteiger partial charge on any atom is 0.209 e. The van der Waals surface area contributed by atoms with Crippen molar-refractivity contribution in [3.8, 4) is 5.75 Å². The average molecular weight is 241 g/mol. The van der Waals surface area contributed by atoms with Gasteiger partial charge < -0.3 is 4.74 Å². The van der Waals surface area contributed by atoms with E-state index >= 15 is 0 Å². The van der Waals surface area contributed by atoms with E-state index in [-0.39, 0.29) is 17.8 Å². The van der Waals surface area contributed by atoms with Crippen LogP contribution >= 0.6 is 0 Å². The normalized spacial score (nSPS) is 24.6. The van der Waals surface area contributed by atoms with Gasteiger partial charge in [-0.25, -0.2) is 13.6 Å². The fraction of sp³-hybridized carbons (Fsp3) is 0.455. The van der Waals surface area contributed by atoms with E-state index < -0.39 is 10.0 Å². The van der Waals surface area contributed by atoms with Gasteiger partial charge >= 0.3 is 0 Å². The number of hydrogen-bond donors (Lipinski definition) is 1. The van der Waals surface area contributed by atoms with E-state index in [9.17, 15) is 8.42 Å². The van der Waals surface area contributed by atoms with Crippen molar-refractivity contribution >= 4 is 10.0 Å². The number of ether oxygens (including phenoxy) is 1. The Morgan fingerprint density at radius 3 is 2.81 bits per heavy atom. The smallest absolute Gasteiger partial charge is 0.209 e. The Morgan fingerprint density at radius 2 is 2.12 bits per heavy atom. The van der Waals surface area contributed by atoms with Crippen LogP contribution < -0.4 is 9.88 Å². The molecule has 1 aromatic rings. The number of rotatable bonds is 2. The number of fused-ring (bicyclic) bond motifs is 1. The zero-order valence-corrected chi connectivity index (χ0v) is 9.91. The highest BCUT2D eigenvalue weighted by molar-refractivity contribution is 7.89. The molecule has 0 amide bonds. The number of benzene rings is 1. The van der Waals surface area contributed by atoms with Gasteiger partial charge in [-0.15, -0.1) is 0 Å². The molecule has 16 heavy (non-hydrogen) atoms. The van der Waals surface area contributed by atoms with E-state index in [1.165, 1.54) is 0 Å². The Morgan fingerprint density at radius 1 is 1.44 bits per heavy atom. The number of nitrogens with two attached hydrogens (primary N) is 1. The molecule has 0 fully saturated rings. The summed E-state index contributed by atoms with van der Waals surface area (Å²) in [6.07, 6.45) is 0.717. The molecule has 1 aliphatic heterocycles.